The summed E-state index contributed by atoms with van der Waals surface area (Å²) in [7, 11) is 0. The van der Waals surface area contributed by atoms with Crippen LogP contribution in [0.2, 0.25) is 0 Å². The van der Waals surface area contributed by atoms with E-state index in [0.717, 1.165) is 11.3 Å². The molecule has 3 aromatic rings. The van der Waals surface area contributed by atoms with Crippen molar-refractivity contribution in [2.24, 2.45) is 0 Å². The lowest BCUT2D eigenvalue weighted by Gasteiger charge is -2.08. The molecule has 0 atom stereocenters. The van der Waals surface area contributed by atoms with Crippen molar-refractivity contribution in [3.05, 3.63) is 65.5 Å². The van der Waals surface area contributed by atoms with Gasteiger partial charge in [0, 0.05) is 24.1 Å². The summed E-state index contributed by atoms with van der Waals surface area (Å²) in [5.74, 6) is 1.41. The number of carbonyl (C=O) groups is 1. The van der Waals surface area contributed by atoms with Gasteiger partial charge in [0.2, 0.25) is 17.6 Å². The number of amides is 1. The molecule has 0 bridgehead atoms. The Labute approximate surface area is 153 Å². The van der Waals surface area contributed by atoms with E-state index in [4.69, 9.17) is 4.52 Å². The summed E-state index contributed by atoms with van der Waals surface area (Å²) in [6.45, 7) is 6.31. The molecule has 0 unspecified atom stereocenters. The van der Waals surface area contributed by atoms with Crippen molar-refractivity contribution in [1.82, 2.24) is 10.1 Å². The number of anilines is 1. The molecule has 1 amide bonds. The SMILES string of the molecule is Cc1ccc(-c2noc(CCC(=O)Nc3ccc(C(C)C)cc3)n2)cc1. The normalized spacial score (nSPS) is 10.9. The Morgan fingerprint density at radius 1 is 1.08 bits per heavy atom. The molecular formula is C21H23N3O2. The van der Waals surface area contributed by atoms with Crippen molar-refractivity contribution in [3.63, 3.8) is 0 Å². The monoisotopic (exact) mass is 349 g/mol. The molecule has 1 aromatic heterocycles. The number of rotatable bonds is 6. The zero-order chi connectivity index (χ0) is 18.5. The van der Waals surface area contributed by atoms with Crippen LogP contribution in [0.4, 0.5) is 5.69 Å². The Hall–Kier alpha value is -2.95. The third-order valence-electron chi connectivity index (χ3n) is 4.20. The topological polar surface area (TPSA) is 68.0 Å². The Kier molecular flexibility index (Phi) is 5.46. The Morgan fingerprint density at radius 3 is 2.42 bits per heavy atom. The first-order valence-corrected chi connectivity index (χ1v) is 8.80. The van der Waals surface area contributed by atoms with Gasteiger partial charge < -0.3 is 9.84 Å². The van der Waals surface area contributed by atoms with Crippen molar-refractivity contribution < 1.29 is 9.32 Å². The van der Waals surface area contributed by atoms with Crippen LogP contribution in [0.25, 0.3) is 11.4 Å². The van der Waals surface area contributed by atoms with E-state index in [-0.39, 0.29) is 5.91 Å². The summed E-state index contributed by atoms with van der Waals surface area (Å²) >= 11 is 0. The Bertz CT molecular complexity index is 865. The quantitative estimate of drug-likeness (QED) is 0.698. The van der Waals surface area contributed by atoms with Crippen LogP contribution in [0.1, 0.15) is 43.2 Å². The predicted molar refractivity (Wildman–Crippen MR) is 102 cm³/mol. The van der Waals surface area contributed by atoms with E-state index in [9.17, 15) is 4.79 Å². The molecule has 0 aliphatic carbocycles. The molecule has 2 aromatic carbocycles. The van der Waals surface area contributed by atoms with Crippen LogP contribution < -0.4 is 5.32 Å². The van der Waals surface area contributed by atoms with Gasteiger partial charge in [0.25, 0.3) is 0 Å². The zero-order valence-electron chi connectivity index (χ0n) is 15.3. The Morgan fingerprint density at radius 2 is 1.77 bits per heavy atom. The second-order valence-corrected chi connectivity index (χ2v) is 6.70. The molecule has 134 valence electrons. The van der Waals surface area contributed by atoms with Crippen molar-refractivity contribution >= 4 is 11.6 Å². The third kappa shape index (κ3) is 4.57. The molecular weight excluding hydrogens is 326 g/mol. The van der Waals surface area contributed by atoms with Crippen LogP contribution in [-0.4, -0.2) is 16.0 Å². The summed E-state index contributed by atoms with van der Waals surface area (Å²) in [5, 5.41) is 6.88. The number of carbonyl (C=O) groups excluding carboxylic acids is 1. The molecule has 5 heteroatoms. The Balaban J connectivity index is 1.54. The van der Waals surface area contributed by atoms with Gasteiger partial charge in [-0.3, -0.25) is 4.79 Å². The first kappa shape index (κ1) is 17.9. The average molecular weight is 349 g/mol. The van der Waals surface area contributed by atoms with Gasteiger partial charge in [-0.05, 0) is 30.5 Å². The van der Waals surface area contributed by atoms with Crippen LogP contribution in [0.15, 0.2) is 53.1 Å². The maximum Gasteiger partial charge on any atom is 0.227 e. The lowest BCUT2D eigenvalue weighted by atomic mass is 10.0. The maximum absolute atomic E-state index is 12.1. The predicted octanol–water partition coefficient (Wildman–Crippen LogP) is 4.74. The van der Waals surface area contributed by atoms with Crippen molar-refractivity contribution in [2.75, 3.05) is 5.32 Å². The molecule has 1 heterocycles. The molecule has 0 aliphatic rings. The van der Waals surface area contributed by atoms with Crippen molar-refractivity contribution in [3.8, 4) is 11.4 Å². The molecule has 3 rings (SSSR count). The van der Waals surface area contributed by atoms with Crippen LogP contribution in [-0.2, 0) is 11.2 Å². The molecule has 0 radical (unpaired) electrons. The summed E-state index contributed by atoms with van der Waals surface area (Å²) < 4.78 is 5.25. The number of aryl methyl sites for hydroxylation is 2. The van der Waals surface area contributed by atoms with E-state index in [2.05, 4.69) is 29.3 Å². The highest BCUT2D eigenvalue weighted by Gasteiger charge is 2.11. The molecule has 26 heavy (non-hydrogen) atoms. The molecule has 0 saturated carbocycles. The van der Waals surface area contributed by atoms with E-state index >= 15 is 0 Å². The number of hydrogen-bond acceptors (Lipinski definition) is 4. The zero-order valence-corrected chi connectivity index (χ0v) is 15.3. The van der Waals surface area contributed by atoms with E-state index in [1.54, 1.807) is 0 Å². The minimum Gasteiger partial charge on any atom is -0.339 e. The van der Waals surface area contributed by atoms with E-state index in [0.29, 0.717) is 30.5 Å². The average Bonchev–Trinajstić information content (AvgIpc) is 3.10. The van der Waals surface area contributed by atoms with Gasteiger partial charge in [-0.25, -0.2) is 0 Å². The molecule has 0 fully saturated rings. The third-order valence-corrected chi connectivity index (χ3v) is 4.20. The summed E-state index contributed by atoms with van der Waals surface area (Å²) in [4.78, 5) is 16.5. The largest absolute Gasteiger partial charge is 0.339 e. The standard InChI is InChI=1S/C21H23N3O2/c1-14(2)16-8-10-18(11-9-16)22-19(25)12-13-20-23-21(24-26-20)17-6-4-15(3)5-7-17/h4-11,14H,12-13H2,1-3H3,(H,22,25). The van der Waals surface area contributed by atoms with Gasteiger partial charge in [-0.15, -0.1) is 0 Å². The minimum atomic E-state index is -0.0719. The minimum absolute atomic E-state index is 0.0719. The van der Waals surface area contributed by atoms with Crippen LogP contribution in [0.5, 0.6) is 0 Å². The molecule has 0 spiro atoms. The van der Waals surface area contributed by atoms with Crippen molar-refractivity contribution in [1.29, 1.82) is 0 Å². The van der Waals surface area contributed by atoms with Gasteiger partial charge in [-0.1, -0.05) is 61.0 Å². The van der Waals surface area contributed by atoms with E-state index < -0.39 is 0 Å². The highest BCUT2D eigenvalue weighted by Crippen LogP contribution is 2.18. The van der Waals surface area contributed by atoms with Crippen LogP contribution >= 0.6 is 0 Å². The van der Waals surface area contributed by atoms with Crippen molar-refractivity contribution in [2.45, 2.75) is 39.5 Å². The second kappa shape index (κ2) is 7.95. The number of benzene rings is 2. The lowest BCUT2D eigenvalue weighted by Crippen LogP contribution is -2.12. The summed E-state index contributed by atoms with van der Waals surface area (Å²) in [5.41, 5.74) is 4.12. The number of nitrogens with zero attached hydrogens (tertiary/aromatic N) is 2. The van der Waals surface area contributed by atoms with Gasteiger partial charge in [-0.2, -0.15) is 4.98 Å². The number of nitrogens with one attached hydrogen (secondary N) is 1. The smallest absolute Gasteiger partial charge is 0.227 e. The number of hydrogen-bond donors (Lipinski definition) is 1. The van der Waals surface area contributed by atoms with Gasteiger partial charge >= 0.3 is 0 Å². The van der Waals surface area contributed by atoms with E-state index in [1.165, 1.54) is 11.1 Å². The van der Waals surface area contributed by atoms with Gasteiger partial charge in [0.1, 0.15) is 0 Å². The fraction of sp³-hybridized carbons (Fsp3) is 0.286. The highest BCUT2D eigenvalue weighted by molar-refractivity contribution is 5.90. The van der Waals surface area contributed by atoms with E-state index in [1.807, 2.05) is 55.5 Å². The maximum atomic E-state index is 12.1. The second-order valence-electron chi connectivity index (χ2n) is 6.70. The molecule has 0 saturated heterocycles. The molecule has 0 aliphatic heterocycles. The summed E-state index contributed by atoms with van der Waals surface area (Å²) in [6.07, 6.45) is 0.705. The van der Waals surface area contributed by atoms with Crippen LogP contribution in [0, 0.1) is 6.92 Å². The van der Waals surface area contributed by atoms with Gasteiger partial charge in [0.05, 0.1) is 0 Å². The van der Waals surface area contributed by atoms with Crippen LogP contribution in [0.3, 0.4) is 0 Å². The first-order valence-electron chi connectivity index (χ1n) is 8.80. The first-order chi connectivity index (χ1) is 12.5. The fourth-order valence-corrected chi connectivity index (χ4v) is 2.57. The fourth-order valence-electron chi connectivity index (χ4n) is 2.57. The number of aromatic nitrogens is 2. The summed E-state index contributed by atoms with van der Waals surface area (Å²) in [6, 6.07) is 15.8. The van der Waals surface area contributed by atoms with Gasteiger partial charge in [0.15, 0.2) is 0 Å². The highest BCUT2D eigenvalue weighted by atomic mass is 16.5. The molecule has 5 nitrogen and oxygen atoms in total. The molecule has 1 N–H and O–H groups in total. The lowest BCUT2D eigenvalue weighted by molar-refractivity contribution is -0.116.